The minimum absolute atomic E-state index is 0.0164. The molecule has 1 aromatic heterocycles. The smallest absolute Gasteiger partial charge is 0.225 e. The van der Waals surface area contributed by atoms with Gasteiger partial charge in [-0.1, -0.05) is 0 Å². The highest BCUT2D eigenvalue weighted by atomic mass is 19.2. The highest BCUT2D eigenvalue weighted by molar-refractivity contribution is 5.92. The average Bonchev–Trinajstić information content (AvgIpc) is 2.71. The maximum atomic E-state index is 14.2. The summed E-state index contributed by atoms with van der Waals surface area (Å²) in [5.74, 6) is -1.57. The van der Waals surface area contributed by atoms with Crippen molar-refractivity contribution in [2.24, 2.45) is 5.92 Å². The van der Waals surface area contributed by atoms with Crippen molar-refractivity contribution >= 4 is 22.5 Å². The fourth-order valence-electron chi connectivity index (χ4n) is 4.01. The number of piperidine rings is 1. The SMILES string of the molecule is Cc1cc(N2CCC(C(=O)N3CCOCC3)CC2)c2ccc(F)c(F)c2n1. The second-order valence-electron chi connectivity index (χ2n) is 7.24. The molecule has 0 radical (unpaired) electrons. The third-order valence-electron chi connectivity index (χ3n) is 5.49. The molecule has 2 fully saturated rings. The number of nitrogens with zero attached hydrogens (tertiary/aromatic N) is 3. The van der Waals surface area contributed by atoms with E-state index in [1.54, 1.807) is 13.0 Å². The lowest BCUT2D eigenvalue weighted by Crippen LogP contribution is -2.46. The molecule has 27 heavy (non-hydrogen) atoms. The molecule has 0 N–H and O–H groups in total. The van der Waals surface area contributed by atoms with Crippen molar-refractivity contribution in [1.29, 1.82) is 0 Å². The number of carbonyl (C=O) groups excluding carboxylic acids is 1. The number of halogens is 2. The van der Waals surface area contributed by atoms with E-state index in [1.165, 1.54) is 0 Å². The van der Waals surface area contributed by atoms with E-state index in [1.807, 2.05) is 11.0 Å². The summed E-state index contributed by atoms with van der Waals surface area (Å²) in [5, 5.41) is 0.609. The molecule has 1 amide bonds. The highest BCUT2D eigenvalue weighted by Crippen LogP contribution is 2.32. The van der Waals surface area contributed by atoms with Crippen LogP contribution in [0, 0.1) is 24.5 Å². The first-order chi connectivity index (χ1) is 13.0. The van der Waals surface area contributed by atoms with Gasteiger partial charge in [-0.25, -0.2) is 13.8 Å². The molecular formula is C20H23F2N3O2. The topological polar surface area (TPSA) is 45.7 Å². The zero-order chi connectivity index (χ0) is 19.0. The lowest BCUT2D eigenvalue weighted by Gasteiger charge is -2.37. The van der Waals surface area contributed by atoms with E-state index in [4.69, 9.17) is 4.74 Å². The van der Waals surface area contributed by atoms with E-state index in [0.717, 1.165) is 24.6 Å². The molecule has 0 aliphatic carbocycles. The van der Waals surface area contributed by atoms with Crippen molar-refractivity contribution in [3.63, 3.8) is 0 Å². The zero-order valence-corrected chi connectivity index (χ0v) is 15.4. The third-order valence-corrected chi connectivity index (χ3v) is 5.49. The first-order valence-electron chi connectivity index (χ1n) is 9.41. The fraction of sp³-hybridized carbons (Fsp3) is 0.500. The molecule has 4 rings (SSSR count). The molecule has 5 nitrogen and oxygen atoms in total. The van der Waals surface area contributed by atoms with Gasteiger partial charge in [-0.05, 0) is 38.0 Å². The number of anilines is 1. The quantitative estimate of drug-likeness (QED) is 0.810. The summed E-state index contributed by atoms with van der Waals surface area (Å²) >= 11 is 0. The van der Waals surface area contributed by atoms with E-state index in [9.17, 15) is 13.6 Å². The van der Waals surface area contributed by atoms with Gasteiger partial charge in [0.25, 0.3) is 0 Å². The second-order valence-corrected chi connectivity index (χ2v) is 7.24. The van der Waals surface area contributed by atoms with Crippen molar-refractivity contribution in [3.05, 3.63) is 35.5 Å². The minimum Gasteiger partial charge on any atom is -0.378 e. The third kappa shape index (κ3) is 3.48. The normalized spacial score (nSPS) is 18.9. The van der Waals surface area contributed by atoms with Gasteiger partial charge in [0.2, 0.25) is 5.91 Å². The molecule has 2 aliphatic heterocycles. The summed E-state index contributed by atoms with van der Waals surface area (Å²) < 4.78 is 33.1. The first-order valence-corrected chi connectivity index (χ1v) is 9.41. The van der Waals surface area contributed by atoms with Crippen LogP contribution in [0.1, 0.15) is 18.5 Å². The fourth-order valence-corrected chi connectivity index (χ4v) is 4.01. The Balaban J connectivity index is 1.53. The largest absolute Gasteiger partial charge is 0.378 e. The second kappa shape index (κ2) is 7.38. The van der Waals surface area contributed by atoms with Crippen LogP contribution in [0.5, 0.6) is 0 Å². The number of ether oxygens (including phenoxy) is 1. The molecule has 2 saturated heterocycles. The van der Waals surface area contributed by atoms with Gasteiger partial charge >= 0.3 is 0 Å². The Morgan fingerprint density at radius 1 is 1.15 bits per heavy atom. The Bertz CT molecular complexity index is 860. The molecule has 0 spiro atoms. The maximum Gasteiger partial charge on any atom is 0.225 e. The van der Waals surface area contributed by atoms with Crippen LogP contribution < -0.4 is 4.90 Å². The first kappa shape index (κ1) is 18.1. The van der Waals surface area contributed by atoms with Crippen molar-refractivity contribution in [1.82, 2.24) is 9.88 Å². The van der Waals surface area contributed by atoms with E-state index in [0.29, 0.717) is 50.5 Å². The van der Waals surface area contributed by atoms with Crippen LogP contribution >= 0.6 is 0 Å². The van der Waals surface area contributed by atoms with E-state index in [2.05, 4.69) is 9.88 Å². The number of hydrogen-bond acceptors (Lipinski definition) is 4. The van der Waals surface area contributed by atoms with Gasteiger partial charge in [0.15, 0.2) is 11.6 Å². The predicted molar refractivity (Wildman–Crippen MR) is 98.7 cm³/mol. The number of aryl methyl sites for hydroxylation is 1. The summed E-state index contributed by atoms with van der Waals surface area (Å²) in [6.45, 7) is 5.73. The standard InChI is InChI=1S/C20H23F2N3O2/c1-13-12-17(15-2-3-16(21)18(22)19(15)23-13)24-6-4-14(5-7-24)20(26)25-8-10-27-11-9-25/h2-3,12,14H,4-11H2,1H3. The van der Waals surface area contributed by atoms with Crippen LogP contribution in [-0.2, 0) is 9.53 Å². The Hall–Kier alpha value is -2.28. The summed E-state index contributed by atoms with van der Waals surface area (Å²) in [6, 6.07) is 4.64. The number of morpholine rings is 1. The lowest BCUT2D eigenvalue weighted by atomic mass is 9.94. The molecule has 2 aliphatic rings. The zero-order valence-electron chi connectivity index (χ0n) is 15.4. The molecule has 0 saturated carbocycles. The number of hydrogen-bond donors (Lipinski definition) is 0. The van der Waals surface area contributed by atoms with Gasteiger partial charge in [-0.2, -0.15) is 0 Å². The Kier molecular flexibility index (Phi) is 4.95. The summed E-state index contributed by atoms with van der Waals surface area (Å²) in [6.07, 6.45) is 1.51. The van der Waals surface area contributed by atoms with Crippen molar-refractivity contribution in [3.8, 4) is 0 Å². The van der Waals surface area contributed by atoms with E-state index in [-0.39, 0.29) is 17.3 Å². The number of carbonyl (C=O) groups is 1. The number of rotatable bonds is 2. The van der Waals surface area contributed by atoms with Crippen molar-refractivity contribution < 1.29 is 18.3 Å². The number of benzene rings is 1. The predicted octanol–water partition coefficient (Wildman–Crippen LogP) is 2.90. The minimum atomic E-state index is -0.908. The monoisotopic (exact) mass is 375 g/mol. The molecule has 144 valence electrons. The van der Waals surface area contributed by atoms with Crippen LogP contribution in [0.4, 0.5) is 14.5 Å². The lowest BCUT2D eigenvalue weighted by molar-refractivity contribution is -0.140. The van der Waals surface area contributed by atoms with Gasteiger partial charge in [-0.3, -0.25) is 4.79 Å². The molecule has 7 heteroatoms. The molecule has 0 bridgehead atoms. The van der Waals surface area contributed by atoms with Crippen LogP contribution in [0.25, 0.3) is 10.9 Å². The number of fused-ring (bicyclic) bond motifs is 1. The maximum absolute atomic E-state index is 14.2. The van der Waals surface area contributed by atoms with Gasteiger partial charge in [0, 0.05) is 48.9 Å². The Morgan fingerprint density at radius 2 is 1.85 bits per heavy atom. The van der Waals surface area contributed by atoms with E-state index < -0.39 is 11.6 Å². The summed E-state index contributed by atoms with van der Waals surface area (Å²) in [7, 11) is 0. The average molecular weight is 375 g/mol. The van der Waals surface area contributed by atoms with E-state index >= 15 is 0 Å². The van der Waals surface area contributed by atoms with Gasteiger partial charge < -0.3 is 14.5 Å². The number of pyridine rings is 1. The summed E-state index contributed by atoms with van der Waals surface area (Å²) in [4.78, 5) is 20.9. The molecular weight excluding hydrogens is 352 g/mol. The van der Waals surface area contributed by atoms with Gasteiger partial charge in [0.05, 0.1) is 13.2 Å². The molecule has 3 heterocycles. The highest BCUT2D eigenvalue weighted by Gasteiger charge is 2.30. The van der Waals surface area contributed by atoms with Gasteiger partial charge in [0.1, 0.15) is 5.52 Å². The molecule has 2 aromatic rings. The molecule has 0 unspecified atom stereocenters. The van der Waals surface area contributed by atoms with Crippen molar-refractivity contribution in [2.45, 2.75) is 19.8 Å². The molecule has 1 aromatic carbocycles. The summed E-state index contributed by atoms with van der Waals surface area (Å²) in [5.41, 5.74) is 1.57. The molecule has 0 atom stereocenters. The van der Waals surface area contributed by atoms with Crippen molar-refractivity contribution in [2.75, 3.05) is 44.3 Å². The Labute approximate surface area is 156 Å². The van der Waals surface area contributed by atoms with Crippen LogP contribution in [0.3, 0.4) is 0 Å². The van der Waals surface area contributed by atoms with Gasteiger partial charge in [-0.15, -0.1) is 0 Å². The Morgan fingerprint density at radius 3 is 2.56 bits per heavy atom. The number of amides is 1. The van der Waals surface area contributed by atoms with Crippen LogP contribution in [0.2, 0.25) is 0 Å². The van der Waals surface area contributed by atoms with Crippen LogP contribution in [0.15, 0.2) is 18.2 Å². The number of aromatic nitrogens is 1. The van der Waals surface area contributed by atoms with Crippen LogP contribution in [-0.4, -0.2) is 55.2 Å².